The summed E-state index contributed by atoms with van der Waals surface area (Å²) in [6.07, 6.45) is -6.80. The highest BCUT2D eigenvalue weighted by Crippen LogP contribution is 2.60. The van der Waals surface area contributed by atoms with Crippen molar-refractivity contribution in [2.75, 3.05) is 0 Å². The smallest absolute Gasteiger partial charge is 0.335 e. The molecule has 0 radical (unpaired) electrons. The Labute approximate surface area is 185 Å². The first-order chi connectivity index (χ1) is 15.1. The molecule has 32 heavy (non-hydrogen) atoms. The van der Waals surface area contributed by atoms with Crippen molar-refractivity contribution in [1.82, 2.24) is 0 Å². The third-order valence-corrected chi connectivity index (χ3v) is 8.18. The first-order valence-corrected chi connectivity index (χ1v) is 11.4. The minimum Gasteiger partial charge on any atom is -0.479 e. The summed E-state index contributed by atoms with van der Waals surface area (Å²) >= 11 is 0. The van der Waals surface area contributed by atoms with Crippen LogP contribution in [0.25, 0.3) is 0 Å². The van der Waals surface area contributed by atoms with E-state index in [0.29, 0.717) is 12.3 Å². The molecule has 1 saturated carbocycles. The Morgan fingerprint density at radius 3 is 2.41 bits per heavy atom. The Kier molecular flexibility index (Phi) is 5.59. The Morgan fingerprint density at radius 1 is 0.938 bits per heavy atom. The van der Waals surface area contributed by atoms with Crippen LogP contribution in [0.5, 0.6) is 0 Å². The number of hydrogen-bond donors (Lipinski definition) is 4. The van der Waals surface area contributed by atoms with Gasteiger partial charge >= 0.3 is 5.97 Å². The van der Waals surface area contributed by atoms with Crippen LogP contribution >= 0.6 is 0 Å². The van der Waals surface area contributed by atoms with Gasteiger partial charge in [0.05, 0.1) is 0 Å². The molecular formula is C21H32O11. The molecule has 4 N–H and O–H groups in total. The molecule has 5 heterocycles. The van der Waals surface area contributed by atoms with Crippen LogP contribution in [-0.4, -0.2) is 81.1 Å². The van der Waals surface area contributed by atoms with Crippen LogP contribution < -0.4 is 0 Å². The molecule has 5 aliphatic heterocycles. The number of ether oxygens (including phenoxy) is 4. The van der Waals surface area contributed by atoms with Crippen LogP contribution in [0.2, 0.25) is 0 Å². The number of rotatable bonds is 3. The van der Waals surface area contributed by atoms with Crippen molar-refractivity contribution in [1.29, 1.82) is 0 Å². The van der Waals surface area contributed by atoms with Crippen LogP contribution in [0.15, 0.2) is 0 Å². The van der Waals surface area contributed by atoms with Crippen molar-refractivity contribution in [3.63, 3.8) is 0 Å². The van der Waals surface area contributed by atoms with E-state index in [4.69, 9.17) is 28.7 Å². The molecule has 11 nitrogen and oxygen atoms in total. The summed E-state index contributed by atoms with van der Waals surface area (Å²) in [5.41, 5.74) is -0.793. The molecule has 182 valence electrons. The van der Waals surface area contributed by atoms with Gasteiger partial charge in [0.2, 0.25) is 5.79 Å². The second-order valence-electron chi connectivity index (χ2n) is 10.1. The highest BCUT2D eigenvalue weighted by atomic mass is 17.3. The number of carboxylic acids is 1. The van der Waals surface area contributed by atoms with Gasteiger partial charge in [-0.3, -0.25) is 0 Å². The van der Waals surface area contributed by atoms with Gasteiger partial charge in [-0.15, -0.1) is 0 Å². The maximum absolute atomic E-state index is 11.4. The van der Waals surface area contributed by atoms with E-state index in [1.54, 1.807) is 6.92 Å². The summed E-state index contributed by atoms with van der Waals surface area (Å²) in [6.45, 7) is 5.94. The largest absolute Gasteiger partial charge is 0.479 e. The fourth-order valence-corrected chi connectivity index (χ4v) is 6.32. The lowest BCUT2D eigenvalue weighted by atomic mass is 9.58. The molecule has 0 unspecified atom stereocenters. The lowest BCUT2D eigenvalue weighted by molar-refractivity contribution is -0.579. The van der Waals surface area contributed by atoms with Crippen LogP contribution in [0.3, 0.4) is 0 Å². The van der Waals surface area contributed by atoms with E-state index in [-0.39, 0.29) is 17.8 Å². The van der Waals surface area contributed by atoms with Gasteiger partial charge in [-0.05, 0) is 38.0 Å². The molecule has 0 aromatic rings. The zero-order chi connectivity index (χ0) is 23.0. The van der Waals surface area contributed by atoms with Crippen LogP contribution in [-0.2, 0) is 33.5 Å². The van der Waals surface area contributed by atoms with Crippen molar-refractivity contribution < 1.29 is 53.9 Å². The summed E-state index contributed by atoms with van der Waals surface area (Å²) in [6, 6.07) is 0. The monoisotopic (exact) mass is 460 g/mol. The van der Waals surface area contributed by atoms with E-state index < -0.39 is 60.6 Å². The quantitative estimate of drug-likeness (QED) is 0.424. The molecule has 1 spiro atoms. The number of carbonyl (C=O) groups is 1. The molecule has 6 aliphatic rings. The number of carboxylic acid groups (broad SMARTS) is 1. The van der Waals surface area contributed by atoms with Gasteiger partial charge in [-0.25, -0.2) is 14.6 Å². The highest BCUT2D eigenvalue weighted by molar-refractivity contribution is 5.73. The number of aliphatic hydroxyl groups is 3. The molecule has 13 atom stereocenters. The van der Waals surface area contributed by atoms with Crippen LogP contribution in [0.1, 0.15) is 46.5 Å². The van der Waals surface area contributed by atoms with Gasteiger partial charge in [-0.2, -0.15) is 0 Å². The standard InChI is InChI=1S/C21H32O11/c1-8-4-5-11-9(2)17(28-18-14(24)12(22)13(23)15(27-18)16(25)26)29-19-21(11)10(8)6-7-20(3,30-19)31-32-21/h8-15,17-19,22-24H,4-7H2,1-3H3,(H,25,26)/t8-,9-,10+,11-,12+,13+,14-,15+,17-,18+,19+,20+,21+/m0/s1. The lowest BCUT2D eigenvalue weighted by Crippen LogP contribution is -2.71. The van der Waals surface area contributed by atoms with Crippen molar-refractivity contribution in [3.05, 3.63) is 0 Å². The Bertz CT molecular complexity index is 749. The van der Waals surface area contributed by atoms with Crippen LogP contribution in [0.4, 0.5) is 0 Å². The summed E-state index contributed by atoms with van der Waals surface area (Å²) in [5.74, 6) is -2.14. The first kappa shape index (κ1) is 22.9. The van der Waals surface area contributed by atoms with Gasteiger partial charge in [0.25, 0.3) is 0 Å². The zero-order valence-corrected chi connectivity index (χ0v) is 18.3. The summed E-state index contributed by atoms with van der Waals surface area (Å²) < 4.78 is 23.7. The fraction of sp³-hybridized carbons (Fsp3) is 0.952. The van der Waals surface area contributed by atoms with E-state index in [0.717, 1.165) is 19.3 Å². The Morgan fingerprint density at radius 2 is 1.69 bits per heavy atom. The summed E-state index contributed by atoms with van der Waals surface area (Å²) in [4.78, 5) is 23.2. The normalized spacial score (nSPS) is 57.5. The number of hydrogen-bond acceptors (Lipinski definition) is 10. The van der Waals surface area contributed by atoms with Crippen molar-refractivity contribution >= 4 is 5.97 Å². The van der Waals surface area contributed by atoms with Crippen molar-refractivity contribution in [2.45, 2.75) is 101 Å². The third-order valence-electron chi connectivity index (χ3n) is 8.18. The Balaban J connectivity index is 1.41. The first-order valence-electron chi connectivity index (χ1n) is 11.4. The third kappa shape index (κ3) is 3.25. The molecule has 6 fully saturated rings. The molecule has 0 aromatic heterocycles. The second-order valence-corrected chi connectivity index (χ2v) is 10.1. The Hall–Kier alpha value is -0.890. The molecule has 2 bridgehead atoms. The maximum Gasteiger partial charge on any atom is 0.335 e. The van der Waals surface area contributed by atoms with E-state index in [1.165, 1.54) is 0 Å². The molecule has 11 heteroatoms. The molecule has 1 aliphatic carbocycles. The van der Waals surface area contributed by atoms with E-state index in [9.17, 15) is 25.2 Å². The zero-order valence-electron chi connectivity index (χ0n) is 18.3. The molecule has 5 saturated heterocycles. The second kappa shape index (κ2) is 7.82. The van der Waals surface area contributed by atoms with Gasteiger partial charge in [0.15, 0.2) is 30.6 Å². The molecule has 6 rings (SSSR count). The molecule has 0 aromatic carbocycles. The fourth-order valence-electron chi connectivity index (χ4n) is 6.32. The number of aliphatic hydroxyl groups excluding tert-OH is 3. The SMILES string of the molecule is C[C@@H]1[C@@H](O[C@H]2O[C@@H](C(=O)O)[C@H](O)[C@@H](O)[C@@H]2O)O[C@@H]2O[C@@]3(C)CC[C@@H]4[C@@H](C)CC[C@@H]1[C@@]24OO3. The molecule has 0 amide bonds. The lowest BCUT2D eigenvalue weighted by Gasteiger charge is -2.60. The van der Waals surface area contributed by atoms with E-state index in [1.807, 2.05) is 6.92 Å². The predicted octanol–water partition coefficient (Wildman–Crippen LogP) is 0.103. The van der Waals surface area contributed by atoms with Gasteiger partial charge in [0.1, 0.15) is 18.3 Å². The average Bonchev–Trinajstić information content (AvgIpc) is 2.97. The van der Waals surface area contributed by atoms with Gasteiger partial charge < -0.3 is 39.4 Å². The van der Waals surface area contributed by atoms with E-state index >= 15 is 0 Å². The average molecular weight is 460 g/mol. The van der Waals surface area contributed by atoms with Crippen LogP contribution in [0, 0.1) is 23.7 Å². The predicted molar refractivity (Wildman–Crippen MR) is 102 cm³/mol. The van der Waals surface area contributed by atoms with Crippen molar-refractivity contribution in [2.24, 2.45) is 23.7 Å². The number of fused-ring (bicyclic) bond motifs is 2. The maximum atomic E-state index is 11.4. The van der Waals surface area contributed by atoms with Gasteiger partial charge in [-0.1, -0.05) is 13.8 Å². The summed E-state index contributed by atoms with van der Waals surface area (Å²) in [5, 5.41) is 39.7. The number of aliphatic carboxylic acids is 1. The van der Waals surface area contributed by atoms with Crippen molar-refractivity contribution in [3.8, 4) is 0 Å². The highest BCUT2D eigenvalue weighted by Gasteiger charge is 2.69. The van der Waals surface area contributed by atoms with E-state index in [2.05, 4.69) is 6.92 Å². The summed E-state index contributed by atoms with van der Waals surface area (Å²) in [7, 11) is 0. The minimum atomic E-state index is -1.79. The molecular weight excluding hydrogens is 428 g/mol. The van der Waals surface area contributed by atoms with Gasteiger partial charge in [0, 0.05) is 18.3 Å². The topological polar surface area (TPSA) is 153 Å². The minimum absolute atomic E-state index is 0.0402.